The van der Waals surface area contributed by atoms with Crippen LogP contribution in [-0.2, 0) is 4.74 Å². The Hall–Kier alpha value is -0.940. The number of hydrogen-bond donors (Lipinski definition) is 0. The fraction of sp³-hybridized carbons (Fsp3) is 0.538. The molecule has 98 valence electrons. The van der Waals surface area contributed by atoms with Crippen LogP contribution in [0.1, 0.15) is 23.3 Å². The van der Waals surface area contributed by atoms with E-state index in [0.717, 1.165) is 32.6 Å². The Balaban J connectivity index is 1.95. The molecule has 2 heterocycles. The number of amides is 1. The van der Waals surface area contributed by atoms with Gasteiger partial charge in [-0.3, -0.25) is 4.79 Å². The maximum atomic E-state index is 12.2. The van der Waals surface area contributed by atoms with Gasteiger partial charge in [-0.05, 0) is 46.8 Å². The predicted molar refractivity (Wildman–Crippen MR) is 72.4 cm³/mol. The molecule has 0 radical (unpaired) electrons. The quantitative estimate of drug-likeness (QED) is 0.805. The second-order valence-electron chi connectivity index (χ2n) is 4.59. The Kier molecular flexibility index (Phi) is 4.72. The number of aromatic nitrogens is 1. The normalized spacial score (nSPS) is 16.6. The largest absolute Gasteiger partial charge is 0.381 e. The highest BCUT2D eigenvalue weighted by Gasteiger charge is 2.20. The van der Waals surface area contributed by atoms with Gasteiger partial charge in [0.1, 0.15) is 10.3 Å². The second-order valence-corrected chi connectivity index (χ2v) is 5.40. The van der Waals surface area contributed by atoms with Gasteiger partial charge in [0.05, 0.1) is 0 Å². The van der Waals surface area contributed by atoms with Crippen LogP contribution >= 0.6 is 15.9 Å². The molecule has 1 saturated heterocycles. The van der Waals surface area contributed by atoms with Gasteiger partial charge in [-0.25, -0.2) is 4.98 Å². The number of hydrogen-bond acceptors (Lipinski definition) is 3. The average molecular weight is 313 g/mol. The molecule has 1 aliphatic rings. The molecule has 0 N–H and O–H groups in total. The zero-order valence-corrected chi connectivity index (χ0v) is 12.0. The smallest absolute Gasteiger partial charge is 0.272 e. The van der Waals surface area contributed by atoms with Crippen LogP contribution < -0.4 is 0 Å². The van der Waals surface area contributed by atoms with Crippen molar-refractivity contribution in [2.45, 2.75) is 12.8 Å². The number of carbonyl (C=O) groups excluding carboxylic acids is 1. The molecule has 2 rings (SSSR count). The van der Waals surface area contributed by atoms with E-state index in [1.807, 2.05) is 19.2 Å². The van der Waals surface area contributed by atoms with Crippen molar-refractivity contribution in [3.8, 4) is 0 Å². The van der Waals surface area contributed by atoms with Gasteiger partial charge in [0.2, 0.25) is 0 Å². The average Bonchev–Trinajstić information content (AvgIpc) is 2.39. The van der Waals surface area contributed by atoms with Gasteiger partial charge < -0.3 is 9.64 Å². The van der Waals surface area contributed by atoms with Crippen LogP contribution in [-0.4, -0.2) is 42.6 Å². The zero-order chi connectivity index (χ0) is 13.0. The molecule has 1 aliphatic heterocycles. The minimum absolute atomic E-state index is 0.0252. The molecule has 1 aromatic heterocycles. The monoisotopic (exact) mass is 312 g/mol. The van der Waals surface area contributed by atoms with Crippen LogP contribution in [0.15, 0.2) is 22.8 Å². The number of pyridine rings is 1. The third-order valence-corrected chi connectivity index (χ3v) is 3.60. The molecule has 0 bridgehead atoms. The van der Waals surface area contributed by atoms with Crippen LogP contribution in [0, 0.1) is 5.92 Å². The van der Waals surface area contributed by atoms with E-state index >= 15 is 0 Å². The zero-order valence-electron chi connectivity index (χ0n) is 10.4. The predicted octanol–water partition coefficient (Wildman–Crippen LogP) is 2.34. The second kappa shape index (κ2) is 6.29. The molecular formula is C13H17BrN2O2. The molecule has 1 aromatic rings. The van der Waals surface area contributed by atoms with Crippen LogP contribution in [0.2, 0.25) is 0 Å². The van der Waals surface area contributed by atoms with Crippen LogP contribution in [0.5, 0.6) is 0 Å². The summed E-state index contributed by atoms with van der Waals surface area (Å²) in [6, 6.07) is 5.38. The van der Waals surface area contributed by atoms with E-state index in [1.165, 1.54) is 0 Å². The third kappa shape index (κ3) is 3.53. The first-order valence-electron chi connectivity index (χ1n) is 6.12. The lowest BCUT2D eigenvalue weighted by Gasteiger charge is -2.27. The van der Waals surface area contributed by atoms with Gasteiger partial charge >= 0.3 is 0 Å². The number of halogens is 1. The molecule has 18 heavy (non-hydrogen) atoms. The van der Waals surface area contributed by atoms with Gasteiger partial charge in [-0.15, -0.1) is 0 Å². The summed E-state index contributed by atoms with van der Waals surface area (Å²) in [5, 5.41) is 0. The molecule has 0 unspecified atom stereocenters. The van der Waals surface area contributed by atoms with Gasteiger partial charge in [0, 0.05) is 26.8 Å². The van der Waals surface area contributed by atoms with Crippen LogP contribution in [0.3, 0.4) is 0 Å². The van der Waals surface area contributed by atoms with E-state index in [0.29, 0.717) is 16.2 Å². The summed E-state index contributed by atoms with van der Waals surface area (Å²) in [5.41, 5.74) is 0.485. The van der Waals surface area contributed by atoms with Gasteiger partial charge in [-0.1, -0.05) is 6.07 Å². The van der Waals surface area contributed by atoms with Crippen molar-refractivity contribution in [3.05, 3.63) is 28.5 Å². The fourth-order valence-corrected chi connectivity index (χ4v) is 2.47. The number of rotatable bonds is 3. The lowest BCUT2D eigenvalue weighted by Crippen LogP contribution is -2.34. The molecular weight excluding hydrogens is 296 g/mol. The summed E-state index contributed by atoms with van der Waals surface area (Å²) in [5.74, 6) is 0.516. The Morgan fingerprint density at radius 1 is 1.50 bits per heavy atom. The van der Waals surface area contributed by atoms with Gasteiger partial charge in [-0.2, -0.15) is 0 Å². The Morgan fingerprint density at radius 3 is 2.89 bits per heavy atom. The first-order valence-corrected chi connectivity index (χ1v) is 6.92. The first kappa shape index (κ1) is 13.5. The summed E-state index contributed by atoms with van der Waals surface area (Å²) >= 11 is 3.28. The Labute approximate surface area is 115 Å². The van der Waals surface area contributed by atoms with Crippen molar-refractivity contribution < 1.29 is 9.53 Å². The molecule has 1 amide bonds. The summed E-state index contributed by atoms with van der Waals surface area (Å²) in [4.78, 5) is 18.1. The Morgan fingerprint density at radius 2 is 2.22 bits per heavy atom. The third-order valence-electron chi connectivity index (χ3n) is 3.15. The molecule has 0 spiro atoms. The van der Waals surface area contributed by atoms with Crippen LogP contribution in [0.25, 0.3) is 0 Å². The molecule has 4 nitrogen and oxygen atoms in total. The summed E-state index contributed by atoms with van der Waals surface area (Å²) < 4.78 is 6.01. The minimum Gasteiger partial charge on any atom is -0.381 e. The highest BCUT2D eigenvalue weighted by molar-refractivity contribution is 9.10. The number of ether oxygens (including phenoxy) is 1. The molecule has 5 heteroatoms. The number of carbonyl (C=O) groups is 1. The van der Waals surface area contributed by atoms with E-state index in [4.69, 9.17) is 4.74 Å². The molecule has 0 aromatic carbocycles. The first-order chi connectivity index (χ1) is 8.66. The van der Waals surface area contributed by atoms with Crippen molar-refractivity contribution in [1.29, 1.82) is 0 Å². The maximum Gasteiger partial charge on any atom is 0.272 e. The van der Waals surface area contributed by atoms with Crippen molar-refractivity contribution in [1.82, 2.24) is 9.88 Å². The highest BCUT2D eigenvalue weighted by atomic mass is 79.9. The van der Waals surface area contributed by atoms with Crippen molar-refractivity contribution >= 4 is 21.8 Å². The molecule has 0 aliphatic carbocycles. The molecule has 1 fully saturated rings. The minimum atomic E-state index is -0.0252. The van der Waals surface area contributed by atoms with Crippen molar-refractivity contribution in [3.63, 3.8) is 0 Å². The summed E-state index contributed by atoms with van der Waals surface area (Å²) in [6.45, 7) is 2.39. The van der Waals surface area contributed by atoms with Gasteiger partial charge in [0.25, 0.3) is 5.91 Å². The van der Waals surface area contributed by atoms with E-state index < -0.39 is 0 Å². The van der Waals surface area contributed by atoms with Gasteiger partial charge in [0.15, 0.2) is 0 Å². The van der Waals surface area contributed by atoms with Crippen molar-refractivity contribution in [2.24, 2.45) is 5.92 Å². The number of nitrogens with zero attached hydrogens (tertiary/aromatic N) is 2. The standard InChI is InChI=1S/C13H17BrN2O2/c1-16(9-10-5-7-18-8-6-10)13(17)11-3-2-4-12(14)15-11/h2-4,10H,5-9H2,1H3. The van der Waals surface area contributed by atoms with Crippen molar-refractivity contribution in [2.75, 3.05) is 26.8 Å². The topological polar surface area (TPSA) is 42.4 Å². The van der Waals surface area contributed by atoms with E-state index in [2.05, 4.69) is 20.9 Å². The molecule has 0 saturated carbocycles. The van der Waals surface area contributed by atoms with E-state index in [-0.39, 0.29) is 5.91 Å². The highest BCUT2D eigenvalue weighted by Crippen LogP contribution is 2.16. The lowest BCUT2D eigenvalue weighted by molar-refractivity contribution is 0.0495. The van der Waals surface area contributed by atoms with E-state index in [1.54, 1.807) is 11.0 Å². The summed E-state index contributed by atoms with van der Waals surface area (Å²) in [7, 11) is 1.83. The van der Waals surface area contributed by atoms with E-state index in [9.17, 15) is 4.79 Å². The lowest BCUT2D eigenvalue weighted by atomic mass is 10.00. The van der Waals surface area contributed by atoms with Crippen LogP contribution in [0.4, 0.5) is 0 Å². The Bertz CT molecular complexity index is 419. The fourth-order valence-electron chi connectivity index (χ4n) is 2.12. The maximum absolute atomic E-state index is 12.2. The molecule has 0 atom stereocenters. The SMILES string of the molecule is CN(CC1CCOCC1)C(=O)c1cccc(Br)n1. The summed E-state index contributed by atoms with van der Waals surface area (Å²) in [6.07, 6.45) is 2.06.